The number of aromatic nitrogens is 1. The molecule has 0 amide bonds. The van der Waals surface area contributed by atoms with Gasteiger partial charge >= 0.3 is 0 Å². The van der Waals surface area contributed by atoms with Crippen molar-refractivity contribution in [1.82, 2.24) is 4.98 Å². The second-order valence-electron chi connectivity index (χ2n) is 5.38. The summed E-state index contributed by atoms with van der Waals surface area (Å²) in [6, 6.07) is 2.17. The van der Waals surface area contributed by atoms with Gasteiger partial charge < -0.3 is 10.6 Å². The fourth-order valence-corrected chi connectivity index (χ4v) is 2.85. The van der Waals surface area contributed by atoms with Crippen molar-refractivity contribution in [2.75, 3.05) is 18.0 Å². The Morgan fingerprint density at radius 2 is 2.22 bits per heavy atom. The molecule has 1 aromatic heterocycles. The lowest BCUT2D eigenvalue weighted by Crippen LogP contribution is -2.26. The average molecular weight is 247 g/mol. The van der Waals surface area contributed by atoms with Gasteiger partial charge in [-0.1, -0.05) is 13.3 Å². The molecule has 100 valence electrons. The van der Waals surface area contributed by atoms with Crippen LogP contribution in [0.15, 0.2) is 12.3 Å². The fourth-order valence-electron chi connectivity index (χ4n) is 2.85. The smallest absolute Gasteiger partial charge is 0.131 e. The van der Waals surface area contributed by atoms with Crippen molar-refractivity contribution in [2.24, 2.45) is 11.7 Å². The number of hydrogen-bond acceptors (Lipinski definition) is 3. The zero-order valence-corrected chi connectivity index (χ0v) is 11.7. The number of nitrogens with two attached hydrogens (primary N) is 1. The molecule has 2 heterocycles. The maximum atomic E-state index is 5.65. The summed E-state index contributed by atoms with van der Waals surface area (Å²) < 4.78 is 0. The summed E-state index contributed by atoms with van der Waals surface area (Å²) in [5, 5.41) is 0. The van der Waals surface area contributed by atoms with Crippen molar-refractivity contribution < 1.29 is 0 Å². The molecule has 1 fully saturated rings. The minimum Gasteiger partial charge on any atom is -0.356 e. The summed E-state index contributed by atoms with van der Waals surface area (Å²) in [5.41, 5.74) is 8.03. The average Bonchev–Trinajstić information content (AvgIpc) is 2.63. The van der Waals surface area contributed by atoms with Crippen LogP contribution in [0.2, 0.25) is 0 Å². The van der Waals surface area contributed by atoms with Crippen LogP contribution in [0.5, 0.6) is 0 Å². The van der Waals surface area contributed by atoms with Gasteiger partial charge in [-0.2, -0.15) is 0 Å². The Balaban J connectivity index is 2.11. The minimum absolute atomic E-state index is 0.575. The van der Waals surface area contributed by atoms with Crippen molar-refractivity contribution in [2.45, 2.75) is 46.1 Å². The molecule has 0 bridgehead atoms. The lowest BCUT2D eigenvalue weighted by molar-refractivity contribution is 0.459. The first-order valence-electron chi connectivity index (χ1n) is 7.15. The second-order valence-corrected chi connectivity index (χ2v) is 5.38. The SMILES string of the molecule is CCC1CCCN(c2ncc(CN)cc2C)CC1. The normalized spacial score (nSPS) is 20.8. The van der Waals surface area contributed by atoms with E-state index in [-0.39, 0.29) is 0 Å². The van der Waals surface area contributed by atoms with Crippen molar-refractivity contribution in [3.63, 3.8) is 0 Å². The summed E-state index contributed by atoms with van der Waals surface area (Å²) in [5.74, 6) is 2.06. The molecular weight excluding hydrogens is 222 g/mol. The highest BCUT2D eigenvalue weighted by atomic mass is 15.2. The summed E-state index contributed by atoms with van der Waals surface area (Å²) in [4.78, 5) is 7.06. The van der Waals surface area contributed by atoms with E-state index in [1.54, 1.807) is 0 Å². The Bertz CT molecular complexity index is 389. The number of pyridine rings is 1. The molecule has 1 aromatic rings. The molecule has 1 aliphatic rings. The van der Waals surface area contributed by atoms with Gasteiger partial charge in [0.1, 0.15) is 5.82 Å². The number of aryl methyl sites for hydroxylation is 1. The fraction of sp³-hybridized carbons (Fsp3) is 0.667. The van der Waals surface area contributed by atoms with E-state index in [0.717, 1.165) is 30.4 Å². The first-order valence-corrected chi connectivity index (χ1v) is 7.15. The van der Waals surface area contributed by atoms with Crippen molar-refractivity contribution in [3.05, 3.63) is 23.4 Å². The lowest BCUT2D eigenvalue weighted by atomic mass is 9.98. The number of anilines is 1. The lowest BCUT2D eigenvalue weighted by Gasteiger charge is -2.23. The van der Waals surface area contributed by atoms with E-state index in [0.29, 0.717) is 6.54 Å². The molecule has 2 rings (SSSR count). The Hall–Kier alpha value is -1.09. The van der Waals surface area contributed by atoms with Crippen molar-refractivity contribution in [1.29, 1.82) is 0 Å². The molecule has 1 saturated heterocycles. The third-order valence-corrected chi connectivity index (χ3v) is 4.07. The van der Waals surface area contributed by atoms with Crippen molar-refractivity contribution in [3.8, 4) is 0 Å². The molecule has 1 unspecified atom stereocenters. The van der Waals surface area contributed by atoms with Gasteiger partial charge in [0.15, 0.2) is 0 Å². The first-order chi connectivity index (χ1) is 8.74. The molecule has 1 atom stereocenters. The Kier molecular flexibility index (Phi) is 4.59. The highest BCUT2D eigenvalue weighted by Crippen LogP contribution is 2.25. The third-order valence-electron chi connectivity index (χ3n) is 4.07. The van der Waals surface area contributed by atoms with Gasteiger partial charge in [0, 0.05) is 25.8 Å². The van der Waals surface area contributed by atoms with Crippen LogP contribution in [0, 0.1) is 12.8 Å². The Morgan fingerprint density at radius 1 is 1.39 bits per heavy atom. The van der Waals surface area contributed by atoms with Gasteiger partial charge in [-0.25, -0.2) is 4.98 Å². The van der Waals surface area contributed by atoms with E-state index in [2.05, 4.69) is 29.8 Å². The van der Waals surface area contributed by atoms with E-state index < -0.39 is 0 Å². The molecule has 3 heteroatoms. The third kappa shape index (κ3) is 3.02. The van der Waals surface area contributed by atoms with Crippen LogP contribution in [0.3, 0.4) is 0 Å². The summed E-state index contributed by atoms with van der Waals surface area (Å²) in [6.45, 7) is 7.32. The molecule has 18 heavy (non-hydrogen) atoms. The van der Waals surface area contributed by atoms with Gasteiger partial charge in [0.05, 0.1) is 0 Å². The molecule has 2 N–H and O–H groups in total. The maximum absolute atomic E-state index is 5.65. The van der Waals surface area contributed by atoms with Gasteiger partial charge in [0.2, 0.25) is 0 Å². The molecule has 0 spiro atoms. The van der Waals surface area contributed by atoms with Gasteiger partial charge in [-0.15, -0.1) is 0 Å². The summed E-state index contributed by atoms with van der Waals surface area (Å²) >= 11 is 0. The number of rotatable bonds is 3. The van der Waals surface area contributed by atoms with Crippen molar-refractivity contribution >= 4 is 5.82 Å². The molecule has 0 aromatic carbocycles. The largest absolute Gasteiger partial charge is 0.356 e. The predicted octanol–water partition coefficient (Wildman–Crippen LogP) is 2.87. The van der Waals surface area contributed by atoms with Gasteiger partial charge in [0.25, 0.3) is 0 Å². The second kappa shape index (κ2) is 6.19. The van der Waals surface area contributed by atoms with Gasteiger partial charge in [-0.05, 0) is 49.3 Å². The topological polar surface area (TPSA) is 42.2 Å². The molecule has 3 nitrogen and oxygen atoms in total. The van der Waals surface area contributed by atoms with Crippen LogP contribution in [0.25, 0.3) is 0 Å². The Labute approximate surface area is 110 Å². The molecule has 0 aliphatic carbocycles. The monoisotopic (exact) mass is 247 g/mol. The number of hydrogen-bond donors (Lipinski definition) is 1. The molecule has 1 aliphatic heterocycles. The zero-order valence-electron chi connectivity index (χ0n) is 11.7. The number of nitrogens with zero attached hydrogens (tertiary/aromatic N) is 2. The highest BCUT2D eigenvalue weighted by molar-refractivity contribution is 5.47. The summed E-state index contributed by atoms with van der Waals surface area (Å²) in [7, 11) is 0. The van der Waals surface area contributed by atoms with E-state index in [1.807, 2.05) is 6.20 Å². The zero-order chi connectivity index (χ0) is 13.0. The maximum Gasteiger partial charge on any atom is 0.131 e. The van der Waals surface area contributed by atoms with Crippen LogP contribution in [0.4, 0.5) is 5.82 Å². The summed E-state index contributed by atoms with van der Waals surface area (Å²) in [6.07, 6.45) is 7.19. The quantitative estimate of drug-likeness (QED) is 0.893. The standard InChI is InChI=1S/C15H25N3/c1-3-13-5-4-7-18(8-6-13)15-12(2)9-14(10-16)11-17-15/h9,11,13H,3-8,10,16H2,1-2H3. The van der Waals surface area contributed by atoms with Gasteiger partial charge in [-0.3, -0.25) is 0 Å². The first kappa shape index (κ1) is 13.3. The van der Waals surface area contributed by atoms with E-state index in [4.69, 9.17) is 5.73 Å². The van der Waals surface area contributed by atoms with E-state index in [9.17, 15) is 0 Å². The van der Waals surface area contributed by atoms with Crippen LogP contribution < -0.4 is 10.6 Å². The molecule has 0 radical (unpaired) electrons. The Morgan fingerprint density at radius 3 is 2.89 bits per heavy atom. The highest BCUT2D eigenvalue weighted by Gasteiger charge is 2.17. The van der Waals surface area contributed by atoms with E-state index in [1.165, 1.54) is 31.2 Å². The predicted molar refractivity (Wildman–Crippen MR) is 76.7 cm³/mol. The minimum atomic E-state index is 0.575. The van der Waals surface area contributed by atoms with Crippen LogP contribution in [0.1, 0.15) is 43.7 Å². The van der Waals surface area contributed by atoms with Crippen LogP contribution >= 0.6 is 0 Å². The van der Waals surface area contributed by atoms with Crippen LogP contribution in [-0.2, 0) is 6.54 Å². The molecule has 0 saturated carbocycles. The van der Waals surface area contributed by atoms with E-state index >= 15 is 0 Å². The van der Waals surface area contributed by atoms with Crippen LogP contribution in [-0.4, -0.2) is 18.1 Å². The molecular formula is C15H25N3.